The highest BCUT2D eigenvalue weighted by Crippen LogP contribution is 2.45. The number of Topliss-reactive ketones (excluding diaryl/α,β-unsaturated/α-hetero) is 1. The van der Waals surface area contributed by atoms with Gasteiger partial charge < -0.3 is 9.84 Å². The van der Waals surface area contributed by atoms with Crippen LogP contribution in [-0.4, -0.2) is 21.8 Å². The lowest BCUT2D eigenvalue weighted by molar-refractivity contribution is -0.132. The Balaban J connectivity index is 1.52. The average Bonchev–Trinajstić information content (AvgIpc) is 3.47. The lowest BCUT2D eigenvalue weighted by Crippen LogP contribution is -2.29. The van der Waals surface area contributed by atoms with E-state index >= 15 is 0 Å². The van der Waals surface area contributed by atoms with E-state index in [0.717, 1.165) is 10.3 Å². The second-order valence-electron chi connectivity index (χ2n) is 9.13. The van der Waals surface area contributed by atoms with Crippen LogP contribution < -0.4 is 9.64 Å². The van der Waals surface area contributed by atoms with E-state index in [-0.39, 0.29) is 11.3 Å². The monoisotopic (exact) mass is 552 g/mol. The maximum Gasteiger partial charge on any atom is 0.301 e. The number of aliphatic hydroxyl groups is 1. The first-order valence-corrected chi connectivity index (χ1v) is 13.4. The van der Waals surface area contributed by atoms with Gasteiger partial charge in [-0.2, -0.15) is 0 Å². The van der Waals surface area contributed by atoms with E-state index in [0.29, 0.717) is 38.3 Å². The third-order valence-corrected chi connectivity index (χ3v) is 7.72. The number of aryl methyl sites for hydroxylation is 1. The molecule has 6 nitrogen and oxygen atoms in total. The third-order valence-electron chi connectivity index (χ3n) is 6.47. The number of aromatic nitrogens is 1. The molecule has 1 N–H and O–H groups in total. The highest BCUT2D eigenvalue weighted by molar-refractivity contribution is 7.22. The first kappa shape index (κ1) is 24.9. The number of amides is 1. The van der Waals surface area contributed by atoms with Crippen molar-refractivity contribution in [1.29, 1.82) is 0 Å². The molecule has 192 valence electrons. The predicted molar refractivity (Wildman–Crippen MR) is 154 cm³/mol. The molecule has 2 heterocycles. The minimum absolute atomic E-state index is 0.0157. The van der Waals surface area contributed by atoms with Crippen molar-refractivity contribution in [2.24, 2.45) is 0 Å². The molecule has 0 aliphatic carbocycles. The molecule has 0 spiro atoms. The van der Waals surface area contributed by atoms with Crippen LogP contribution in [0.5, 0.6) is 11.5 Å². The smallest absolute Gasteiger partial charge is 0.301 e. The van der Waals surface area contributed by atoms with E-state index in [1.54, 1.807) is 54.6 Å². The molecule has 0 saturated carbocycles. The zero-order chi connectivity index (χ0) is 27.1. The van der Waals surface area contributed by atoms with Crippen molar-refractivity contribution in [1.82, 2.24) is 4.98 Å². The van der Waals surface area contributed by atoms with Gasteiger partial charge in [0.05, 0.1) is 21.8 Å². The summed E-state index contributed by atoms with van der Waals surface area (Å²) in [6.07, 6.45) is 0. The molecule has 1 aliphatic heterocycles. The fraction of sp³-hybridized carbons (Fsp3) is 0.0645. The Morgan fingerprint density at radius 3 is 2.44 bits per heavy atom. The fourth-order valence-electron chi connectivity index (χ4n) is 4.57. The van der Waals surface area contributed by atoms with Crippen molar-refractivity contribution in [3.63, 3.8) is 0 Å². The number of fused-ring (bicyclic) bond motifs is 1. The number of ether oxygens (including phenoxy) is 1. The van der Waals surface area contributed by atoms with Crippen molar-refractivity contribution in [3.8, 4) is 11.5 Å². The fourth-order valence-corrected chi connectivity index (χ4v) is 5.84. The largest absolute Gasteiger partial charge is 0.507 e. The summed E-state index contributed by atoms with van der Waals surface area (Å²) in [7, 11) is 0. The highest BCUT2D eigenvalue weighted by Gasteiger charge is 2.48. The molecule has 1 fully saturated rings. The molecule has 5 aromatic rings. The number of thiazole rings is 1. The zero-order valence-electron chi connectivity index (χ0n) is 20.7. The molecule has 1 amide bonds. The topological polar surface area (TPSA) is 79.7 Å². The van der Waals surface area contributed by atoms with E-state index in [2.05, 4.69) is 4.98 Å². The molecule has 1 aliphatic rings. The number of hydrogen-bond donors (Lipinski definition) is 1. The molecule has 1 saturated heterocycles. The molecule has 39 heavy (non-hydrogen) atoms. The maximum atomic E-state index is 13.5. The quantitative estimate of drug-likeness (QED) is 0.137. The van der Waals surface area contributed by atoms with Gasteiger partial charge in [0.15, 0.2) is 5.13 Å². The van der Waals surface area contributed by atoms with Crippen LogP contribution in [0.3, 0.4) is 0 Å². The first-order valence-electron chi connectivity index (χ1n) is 12.2. The molecule has 4 aromatic carbocycles. The number of aliphatic hydroxyl groups excluding tert-OH is 1. The number of carbonyl (C=O) groups excluding carboxylic acids is 2. The predicted octanol–water partition coefficient (Wildman–Crippen LogP) is 7.68. The molecule has 8 heteroatoms. The summed E-state index contributed by atoms with van der Waals surface area (Å²) in [5.74, 6) is -0.639. The van der Waals surface area contributed by atoms with Crippen molar-refractivity contribution in [2.45, 2.75) is 13.0 Å². The number of ketones is 1. The summed E-state index contributed by atoms with van der Waals surface area (Å²) in [6, 6.07) is 27.9. The Labute approximate surface area is 233 Å². The van der Waals surface area contributed by atoms with E-state index in [1.807, 2.05) is 49.4 Å². The molecule has 1 unspecified atom stereocenters. The van der Waals surface area contributed by atoms with Crippen molar-refractivity contribution >= 4 is 55.7 Å². The Morgan fingerprint density at radius 1 is 0.923 bits per heavy atom. The highest BCUT2D eigenvalue weighted by atomic mass is 35.5. The number of para-hydroxylation sites is 1. The number of carbonyl (C=O) groups is 2. The van der Waals surface area contributed by atoms with Crippen LogP contribution in [-0.2, 0) is 9.59 Å². The summed E-state index contributed by atoms with van der Waals surface area (Å²) in [4.78, 5) is 33.1. The summed E-state index contributed by atoms with van der Waals surface area (Å²) in [5.41, 5.74) is 2.67. The number of hydrogen-bond acceptors (Lipinski definition) is 6. The Bertz CT molecular complexity index is 1760. The molecule has 0 radical (unpaired) electrons. The van der Waals surface area contributed by atoms with Gasteiger partial charge in [0, 0.05) is 10.6 Å². The van der Waals surface area contributed by atoms with Crippen molar-refractivity contribution < 1.29 is 19.4 Å². The molecule has 1 atom stereocenters. The van der Waals surface area contributed by atoms with Crippen LogP contribution in [0.15, 0.2) is 103 Å². The lowest BCUT2D eigenvalue weighted by Gasteiger charge is -2.23. The van der Waals surface area contributed by atoms with Crippen molar-refractivity contribution in [2.75, 3.05) is 4.90 Å². The second kappa shape index (κ2) is 10.0. The zero-order valence-corrected chi connectivity index (χ0v) is 22.2. The molecule has 0 bridgehead atoms. The molecular weight excluding hydrogens is 532 g/mol. The van der Waals surface area contributed by atoms with Gasteiger partial charge in [-0.15, -0.1) is 0 Å². The molecular formula is C31H21ClN2O4S. The summed E-state index contributed by atoms with van der Waals surface area (Å²) < 4.78 is 6.81. The lowest BCUT2D eigenvalue weighted by atomic mass is 9.95. The van der Waals surface area contributed by atoms with Gasteiger partial charge in [-0.1, -0.05) is 83.1 Å². The summed E-state index contributed by atoms with van der Waals surface area (Å²) in [5, 5.41) is 12.3. The molecule has 1 aromatic heterocycles. The van der Waals surface area contributed by atoms with Gasteiger partial charge in [-0.05, 0) is 55.0 Å². The normalized spacial score (nSPS) is 16.7. The second-order valence-corrected chi connectivity index (χ2v) is 10.6. The Morgan fingerprint density at radius 2 is 1.67 bits per heavy atom. The van der Waals surface area contributed by atoms with Gasteiger partial charge in [-0.25, -0.2) is 4.98 Å². The van der Waals surface area contributed by atoms with Crippen molar-refractivity contribution in [3.05, 3.63) is 124 Å². The number of anilines is 1. The number of rotatable bonds is 5. The van der Waals surface area contributed by atoms with E-state index < -0.39 is 17.7 Å². The molecule has 6 rings (SSSR count). The van der Waals surface area contributed by atoms with Crippen LogP contribution in [0.2, 0.25) is 5.02 Å². The van der Waals surface area contributed by atoms with E-state index in [1.165, 1.54) is 16.2 Å². The van der Waals surface area contributed by atoms with Crippen LogP contribution in [0.4, 0.5) is 5.13 Å². The van der Waals surface area contributed by atoms with Gasteiger partial charge in [-0.3, -0.25) is 14.5 Å². The maximum absolute atomic E-state index is 13.5. The SMILES string of the molecule is Cc1ccc(C(O)=C2C(=O)C(=O)N(c3nc4ccc(Cl)cc4s3)C2c2cccc(Oc3ccccc3)c2)cc1. The third kappa shape index (κ3) is 4.67. The summed E-state index contributed by atoms with van der Waals surface area (Å²) in [6.45, 7) is 1.93. The van der Waals surface area contributed by atoms with Gasteiger partial charge in [0.1, 0.15) is 17.3 Å². The number of nitrogens with zero attached hydrogens (tertiary/aromatic N) is 2. The number of benzene rings is 4. The van der Waals surface area contributed by atoms with Crippen LogP contribution in [0, 0.1) is 6.92 Å². The van der Waals surface area contributed by atoms with Gasteiger partial charge in [0.2, 0.25) is 0 Å². The first-order chi connectivity index (χ1) is 18.9. The minimum Gasteiger partial charge on any atom is -0.507 e. The van der Waals surface area contributed by atoms with Gasteiger partial charge in [0.25, 0.3) is 5.78 Å². The van der Waals surface area contributed by atoms with E-state index in [9.17, 15) is 14.7 Å². The van der Waals surface area contributed by atoms with Crippen LogP contribution >= 0.6 is 22.9 Å². The van der Waals surface area contributed by atoms with Gasteiger partial charge >= 0.3 is 5.91 Å². The van der Waals surface area contributed by atoms with E-state index in [4.69, 9.17) is 16.3 Å². The number of halogens is 1. The minimum atomic E-state index is -0.929. The standard InChI is InChI=1S/C31H21ClN2O4S/c1-18-10-12-19(13-11-18)28(35)26-27(20-6-5-9-23(16-20)38-22-7-3-2-4-8-22)34(30(37)29(26)36)31-33-24-15-14-21(32)17-25(24)39-31/h2-17,27,35H,1H3. The Kier molecular flexibility index (Phi) is 6.38. The van der Waals surface area contributed by atoms with Crippen LogP contribution in [0.1, 0.15) is 22.7 Å². The van der Waals surface area contributed by atoms with Crippen LogP contribution in [0.25, 0.3) is 16.0 Å². The summed E-state index contributed by atoms with van der Waals surface area (Å²) >= 11 is 7.43. The average molecular weight is 553 g/mol. The Hall–Kier alpha value is -4.46.